The summed E-state index contributed by atoms with van der Waals surface area (Å²) >= 11 is 0. The van der Waals surface area contributed by atoms with E-state index in [-0.39, 0.29) is 9.58 Å². The van der Waals surface area contributed by atoms with Gasteiger partial charge in [-0.1, -0.05) is 30.2 Å². The Morgan fingerprint density at radius 1 is 1.42 bits per heavy atom. The molecule has 0 fully saturated rings. The highest BCUT2D eigenvalue weighted by molar-refractivity contribution is 5.25. The molecule has 0 amide bonds. The van der Waals surface area contributed by atoms with Gasteiger partial charge in [0.05, 0.1) is 24.6 Å². The van der Waals surface area contributed by atoms with E-state index in [0.29, 0.717) is 0 Å². The summed E-state index contributed by atoms with van der Waals surface area (Å²) in [5, 5.41) is 3.41. The lowest BCUT2D eigenvalue weighted by Crippen LogP contribution is -2.20. The summed E-state index contributed by atoms with van der Waals surface area (Å²) in [5.74, 6) is 0. The quantitative estimate of drug-likeness (QED) is 0.810. The van der Waals surface area contributed by atoms with Crippen LogP contribution in [-0.2, 0) is 11.7 Å². The molecule has 1 aromatic heterocycles. The smallest absolute Gasteiger partial charge is 0.124 e. The lowest BCUT2D eigenvalue weighted by molar-refractivity contribution is 0.0638. The number of benzene rings is 1. The molecule has 1 atom stereocenters. The molecule has 0 saturated carbocycles. The van der Waals surface area contributed by atoms with Gasteiger partial charge >= 0.3 is 0 Å². The normalized spacial score (nSPS) is 29.3. The second-order valence-electron chi connectivity index (χ2n) is 3.30. The predicted octanol–water partition coefficient (Wildman–Crippen LogP) is 2.09. The van der Waals surface area contributed by atoms with Crippen LogP contribution in [0, 0.1) is 0 Å². The molecular formula is C15H21N3O. The van der Waals surface area contributed by atoms with E-state index >= 15 is 0 Å². The van der Waals surface area contributed by atoms with Crippen LogP contribution in [0.25, 0.3) is 0 Å². The third kappa shape index (κ3) is 3.66. The Labute approximate surface area is 139 Å². The van der Waals surface area contributed by atoms with Gasteiger partial charge in [-0.15, -0.1) is 0 Å². The number of likely N-dealkylation sites (N-methyl/N-ethyl adjacent to an activating group) is 1. The molecule has 4 nitrogen and oxygen atoms in total. The van der Waals surface area contributed by atoms with Crippen LogP contribution in [0.2, 0.25) is 0 Å². The third-order valence-electron chi connectivity index (χ3n) is 2.02. The first-order valence-electron chi connectivity index (χ1n) is 14.0. The molecular weight excluding hydrogens is 238 g/mol. The van der Waals surface area contributed by atoms with E-state index in [9.17, 15) is 0 Å². The van der Waals surface area contributed by atoms with Crippen molar-refractivity contribution in [3.05, 3.63) is 53.7 Å². The molecule has 1 aromatic carbocycles. The Balaban J connectivity index is 2.87. The third-order valence-corrected chi connectivity index (χ3v) is 2.02. The lowest BCUT2D eigenvalue weighted by Gasteiger charge is -2.20. The van der Waals surface area contributed by atoms with Crippen LogP contribution in [0.3, 0.4) is 0 Å². The number of nitrogens with zero attached hydrogens (tertiary/aromatic N) is 3. The second-order valence-corrected chi connectivity index (χ2v) is 3.30. The topological polar surface area (TPSA) is 30.3 Å². The number of rotatable bonds is 6. The van der Waals surface area contributed by atoms with E-state index in [0.717, 1.165) is 0 Å². The van der Waals surface area contributed by atoms with Gasteiger partial charge in [0.1, 0.15) is 6.10 Å². The fourth-order valence-electron chi connectivity index (χ4n) is 1.24. The average Bonchev–Trinajstić information content (AvgIpc) is 3.01. The SMILES string of the molecule is [2H]c1nn(C([2H])([2H])[2H])c(C(OC([2H])([2H])CN(C([2H])([2H])[2H])C([2H])([2H])[2H])c2c([2H])c([2H])c([2H])c([2H])c2[2H])c1[2H]. The highest BCUT2D eigenvalue weighted by Gasteiger charge is 2.17. The first kappa shape index (κ1) is 3.51. The molecule has 1 unspecified atom stereocenters. The van der Waals surface area contributed by atoms with E-state index in [1.807, 2.05) is 0 Å². The van der Waals surface area contributed by atoms with E-state index < -0.39 is 93.8 Å². The van der Waals surface area contributed by atoms with Crippen molar-refractivity contribution in [2.45, 2.75) is 6.10 Å². The zero-order valence-corrected chi connectivity index (χ0v) is 9.53. The number of ether oxygens (including phenoxy) is 1. The van der Waals surface area contributed by atoms with Gasteiger partial charge in [-0.05, 0) is 25.6 Å². The fraction of sp³-hybridized carbons (Fsp3) is 0.400. The first-order valence-corrected chi connectivity index (χ1v) is 5.00. The van der Waals surface area contributed by atoms with Crippen molar-refractivity contribution < 1.29 is 29.4 Å². The lowest BCUT2D eigenvalue weighted by atomic mass is 10.1. The minimum absolute atomic E-state index is 0.115. The van der Waals surface area contributed by atoms with Crippen molar-refractivity contribution in [2.24, 2.45) is 6.98 Å². The Kier molecular flexibility index (Phi) is 1.20. The van der Waals surface area contributed by atoms with Crippen LogP contribution >= 0.6 is 0 Å². The molecule has 19 heavy (non-hydrogen) atoms. The molecule has 1 heterocycles. The zero-order valence-electron chi connectivity index (χ0n) is 27.5. The Hall–Kier alpha value is -1.65. The maximum absolute atomic E-state index is 8.22. The molecule has 2 aromatic rings. The Morgan fingerprint density at radius 3 is 3.00 bits per heavy atom. The molecule has 0 spiro atoms. The summed E-state index contributed by atoms with van der Waals surface area (Å²) in [4.78, 5) is -0.197. The van der Waals surface area contributed by atoms with E-state index in [1.165, 1.54) is 0 Å². The minimum Gasteiger partial charge on any atom is -0.366 e. The summed E-state index contributed by atoms with van der Waals surface area (Å²) in [6.45, 7) is -14.7. The Morgan fingerprint density at radius 2 is 2.26 bits per heavy atom. The maximum atomic E-state index is 8.22. The van der Waals surface area contributed by atoms with Gasteiger partial charge in [-0.25, -0.2) is 0 Å². The molecule has 2 rings (SSSR count). The molecule has 0 aliphatic heterocycles. The molecule has 0 bridgehead atoms. The van der Waals surface area contributed by atoms with Gasteiger partial charge in [0.2, 0.25) is 0 Å². The highest BCUT2D eigenvalue weighted by Crippen LogP contribution is 2.25. The monoisotopic (exact) mass is 277 g/mol. The first-order chi connectivity index (χ1) is 16.4. The van der Waals surface area contributed by atoms with E-state index in [4.69, 9.17) is 29.4 Å². The van der Waals surface area contributed by atoms with E-state index in [1.54, 1.807) is 0 Å². The van der Waals surface area contributed by atoms with Gasteiger partial charge in [0.15, 0.2) is 0 Å². The van der Waals surface area contributed by atoms with Crippen molar-refractivity contribution in [1.82, 2.24) is 14.7 Å². The molecule has 102 valence electrons. The number of hydrogen-bond donors (Lipinski definition) is 0. The molecule has 0 aliphatic rings. The molecule has 0 N–H and O–H groups in total. The summed E-state index contributed by atoms with van der Waals surface area (Å²) < 4.78 is 145. The van der Waals surface area contributed by atoms with Crippen LogP contribution in [0.1, 0.15) is 42.0 Å². The van der Waals surface area contributed by atoms with Gasteiger partial charge in [-0.3, -0.25) is 4.68 Å². The van der Waals surface area contributed by atoms with Gasteiger partial charge in [0.25, 0.3) is 0 Å². The minimum atomic E-state index is -3.36. The highest BCUT2D eigenvalue weighted by atomic mass is 16.5. The summed E-state index contributed by atoms with van der Waals surface area (Å²) in [6, 6.07) is -5.59. The van der Waals surface area contributed by atoms with Crippen LogP contribution < -0.4 is 0 Å². The van der Waals surface area contributed by atoms with Crippen molar-refractivity contribution in [3.63, 3.8) is 0 Å². The van der Waals surface area contributed by atoms with Crippen molar-refractivity contribution in [1.29, 1.82) is 0 Å². The second kappa shape index (κ2) is 6.50. The molecule has 0 aliphatic carbocycles. The van der Waals surface area contributed by atoms with Crippen LogP contribution in [0.5, 0.6) is 0 Å². The molecule has 0 saturated heterocycles. The summed E-state index contributed by atoms with van der Waals surface area (Å²) in [6.07, 6.45) is -3.27. The number of aryl methyl sites for hydroxylation is 1. The maximum Gasteiger partial charge on any atom is 0.124 e. The fourth-order valence-corrected chi connectivity index (χ4v) is 1.24. The molecule has 0 radical (unpaired) electrons. The predicted molar refractivity (Wildman–Crippen MR) is 76.0 cm³/mol. The van der Waals surface area contributed by atoms with E-state index in [2.05, 4.69) is 5.10 Å². The summed E-state index contributed by atoms with van der Waals surface area (Å²) in [7, 11) is 0. The summed E-state index contributed by atoms with van der Waals surface area (Å²) in [5.41, 5.74) is -1.75. The van der Waals surface area contributed by atoms with Crippen LogP contribution in [-0.4, -0.2) is 41.7 Å². The standard InChI is InChI=1S/C15H21N3O/c1-17(2)11-12-19-15(13-7-5-4-6-8-13)14-9-10-16-18(14)3/h4-10,15H,11-12H2,1-3H3/i1D3,2D3,3D3,4D,5D,6D,7D,8D,9D,10D,12D2. The van der Waals surface area contributed by atoms with Crippen LogP contribution in [0.15, 0.2) is 42.4 Å². The van der Waals surface area contributed by atoms with Crippen LogP contribution in [0.4, 0.5) is 0 Å². The van der Waals surface area contributed by atoms with Gasteiger partial charge in [-0.2, -0.15) is 5.10 Å². The van der Waals surface area contributed by atoms with Gasteiger partial charge < -0.3 is 9.64 Å². The average molecular weight is 277 g/mol. The van der Waals surface area contributed by atoms with Gasteiger partial charge in [0, 0.05) is 32.0 Å². The van der Waals surface area contributed by atoms with Crippen molar-refractivity contribution in [3.8, 4) is 0 Å². The van der Waals surface area contributed by atoms with Crippen molar-refractivity contribution in [2.75, 3.05) is 27.1 Å². The molecule has 4 heteroatoms. The number of aromatic nitrogens is 2. The number of hydrogen-bond acceptors (Lipinski definition) is 3. The van der Waals surface area contributed by atoms with Crippen molar-refractivity contribution >= 4 is 0 Å². The largest absolute Gasteiger partial charge is 0.366 e. The zero-order chi connectivity index (χ0) is 29.0. The Bertz CT molecular complexity index is 1120.